The molecule has 54 heavy (non-hydrogen) atoms. The largest absolute Gasteiger partial charge is 0.394 e. The zero-order valence-electron chi connectivity index (χ0n) is 36.1. The molecule has 0 spiro atoms. The van der Waals surface area contributed by atoms with E-state index in [1.165, 1.54) is 173 Å². The summed E-state index contributed by atoms with van der Waals surface area (Å²) in [6, 6.07) is -0.834. The maximum atomic E-state index is 12.4. The Balaban J connectivity index is 3.67. The Bertz CT molecular complexity index is 840. The molecule has 0 saturated heterocycles. The molecule has 0 fully saturated rings. The van der Waals surface area contributed by atoms with Crippen LogP contribution < -0.4 is 5.32 Å². The lowest BCUT2D eigenvalue weighted by molar-refractivity contribution is -0.124. The number of carbonyl (C=O) groups is 1. The number of carbonyl (C=O) groups excluding carboxylic acids is 1. The van der Waals surface area contributed by atoms with E-state index in [0.29, 0.717) is 12.8 Å². The lowest BCUT2D eigenvalue weighted by Crippen LogP contribution is -2.50. The van der Waals surface area contributed by atoms with Gasteiger partial charge in [0.15, 0.2) is 0 Å². The molecule has 0 bridgehead atoms. The smallest absolute Gasteiger partial charge is 0.220 e. The molecule has 0 radical (unpaired) electrons. The summed E-state index contributed by atoms with van der Waals surface area (Å²) in [4.78, 5) is 12.4. The Kier molecular flexibility index (Phi) is 43.1. The molecule has 318 valence electrons. The van der Waals surface area contributed by atoms with Crippen LogP contribution in [-0.4, -0.2) is 46.1 Å². The van der Waals surface area contributed by atoms with Gasteiger partial charge in [0.05, 0.1) is 18.8 Å². The Hall–Kier alpha value is -1.43. The van der Waals surface area contributed by atoms with Crippen molar-refractivity contribution in [2.75, 3.05) is 6.61 Å². The van der Waals surface area contributed by atoms with E-state index in [2.05, 4.69) is 55.6 Å². The summed E-state index contributed by atoms with van der Waals surface area (Å²) in [7, 11) is 0. The van der Waals surface area contributed by atoms with E-state index in [-0.39, 0.29) is 12.5 Å². The molecule has 5 nitrogen and oxygen atoms in total. The van der Waals surface area contributed by atoms with Gasteiger partial charge >= 0.3 is 0 Å². The van der Waals surface area contributed by atoms with Crippen LogP contribution >= 0.6 is 0 Å². The van der Waals surface area contributed by atoms with E-state index < -0.39 is 18.2 Å². The van der Waals surface area contributed by atoms with Crippen molar-refractivity contribution in [2.24, 2.45) is 0 Å². The molecule has 0 aromatic carbocycles. The van der Waals surface area contributed by atoms with Gasteiger partial charge in [-0.2, -0.15) is 0 Å². The first kappa shape index (κ1) is 52.6. The van der Waals surface area contributed by atoms with Crippen molar-refractivity contribution in [2.45, 2.75) is 263 Å². The van der Waals surface area contributed by atoms with E-state index in [4.69, 9.17) is 0 Å². The standard InChI is InChI=1S/C49H93NO4/c1-3-5-7-9-11-13-15-17-19-21-23-24-25-26-28-30-32-34-36-38-40-42-44-48(53)50-46(45-51)49(54)47(52)43-41-39-37-35-33-31-29-27-22-20-18-16-14-12-10-8-6-4-2/h25-27,29,35,37,46-47,49,51-52,54H,3-24,28,30-34,36,38-45H2,1-2H3,(H,50,53)/b26-25-,29-27+,37-35+. The van der Waals surface area contributed by atoms with Crippen LogP contribution in [-0.2, 0) is 4.79 Å². The van der Waals surface area contributed by atoms with Crippen LogP contribution in [0.4, 0.5) is 0 Å². The Morgan fingerprint density at radius 2 is 0.759 bits per heavy atom. The topological polar surface area (TPSA) is 89.8 Å². The minimum absolute atomic E-state index is 0.162. The molecule has 5 heteroatoms. The van der Waals surface area contributed by atoms with Crippen molar-refractivity contribution in [3.63, 3.8) is 0 Å². The van der Waals surface area contributed by atoms with Gasteiger partial charge in [0.1, 0.15) is 6.10 Å². The third kappa shape index (κ3) is 38.8. The van der Waals surface area contributed by atoms with Crippen LogP contribution in [0, 0.1) is 0 Å². The number of hydrogen-bond acceptors (Lipinski definition) is 4. The Morgan fingerprint density at radius 3 is 1.13 bits per heavy atom. The van der Waals surface area contributed by atoms with Gasteiger partial charge in [0, 0.05) is 6.42 Å². The lowest BCUT2D eigenvalue weighted by atomic mass is 10.0. The number of nitrogens with one attached hydrogen (secondary N) is 1. The number of aliphatic hydroxyl groups is 3. The van der Waals surface area contributed by atoms with Crippen molar-refractivity contribution in [1.29, 1.82) is 0 Å². The Morgan fingerprint density at radius 1 is 0.444 bits per heavy atom. The molecule has 0 heterocycles. The molecule has 4 N–H and O–H groups in total. The molecule has 3 atom stereocenters. The second-order valence-corrected chi connectivity index (χ2v) is 16.3. The summed E-state index contributed by atoms with van der Waals surface area (Å²) >= 11 is 0. The van der Waals surface area contributed by atoms with Crippen molar-refractivity contribution >= 4 is 5.91 Å². The van der Waals surface area contributed by atoms with E-state index in [9.17, 15) is 20.1 Å². The van der Waals surface area contributed by atoms with Gasteiger partial charge in [-0.3, -0.25) is 4.79 Å². The van der Waals surface area contributed by atoms with Crippen LogP contribution in [0.5, 0.6) is 0 Å². The van der Waals surface area contributed by atoms with E-state index in [1.807, 2.05) is 0 Å². The van der Waals surface area contributed by atoms with Crippen molar-refractivity contribution < 1.29 is 20.1 Å². The quantitative estimate of drug-likeness (QED) is 0.0368. The van der Waals surface area contributed by atoms with E-state index in [1.54, 1.807) is 0 Å². The first-order valence-electron chi connectivity index (χ1n) is 23.8. The zero-order chi connectivity index (χ0) is 39.4. The van der Waals surface area contributed by atoms with E-state index >= 15 is 0 Å². The molecule has 1 amide bonds. The predicted octanol–water partition coefficient (Wildman–Crippen LogP) is 13.9. The minimum atomic E-state index is -1.17. The SMILES string of the molecule is CCCCCCCCCCC/C=C/CC/C=C/CCCC(O)C(O)C(CO)NC(=O)CCCCCCCCC/C=C\CCCCCCCCCCCCC. The lowest BCUT2D eigenvalue weighted by Gasteiger charge is -2.26. The van der Waals surface area contributed by atoms with Gasteiger partial charge in [-0.05, 0) is 77.0 Å². The second kappa shape index (κ2) is 44.3. The van der Waals surface area contributed by atoms with Crippen molar-refractivity contribution in [3.05, 3.63) is 36.5 Å². The average Bonchev–Trinajstić information content (AvgIpc) is 3.18. The van der Waals surface area contributed by atoms with Gasteiger partial charge in [-0.25, -0.2) is 0 Å². The number of rotatable bonds is 43. The van der Waals surface area contributed by atoms with Gasteiger partial charge in [-0.1, -0.05) is 198 Å². The van der Waals surface area contributed by atoms with Gasteiger partial charge in [0.25, 0.3) is 0 Å². The Labute approximate surface area is 336 Å². The highest BCUT2D eigenvalue weighted by atomic mass is 16.3. The van der Waals surface area contributed by atoms with Gasteiger partial charge < -0.3 is 20.6 Å². The molecule has 3 unspecified atom stereocenters. The monoisotopic (exact) mass is 760 g/mol. The molecule has 0 aromatic heterocycles. The third-order valence-electron chi connectivity index (χ3n) is 10.9. The van der Waals surface area contributed by atoms with Crippen molar-refractivity contribution in [3.8, 4) is 0 Å². The van der Waals surface area contributed by atoms with E-state index in [0.717, 1.165) is 44.9 Å². The number of amides is 1. The van der Waals surface area contributed by atoms with Crippen LogP contribution in [0.2, 0.25) is 0 Å². The highest BCUT2D eigenvalue weighted by Gasteiger charge is 2.26. The fourth-order valence-electron chi connectivity index (χ4n) is 7.23. The third-order valence-corrected chi connectivity index (χ3v) is 10.9. The summed E-state index contributed by atoms with van der Waals surface area (Å²) in [6.07, 6.45) is 55.5. The summed E-state index contributed by atoms with van der Waals surface area (Å²) in [6.45, 7) is 4.17. The second-order valence-electron chi connectivity index (χ2n) is 16.3. The van der Waals surface area contributed by atoms with Crippen LogP contribution in [0.1, 0.15) is 245 Å². The summed E-state index contributed by atoms with van der Waals surface area (Å²) in [5.41, 5.74) is 0. The normalized spacial score (nSPS) is 13.8. The molecule has 0 saturated carbocycles. The number of hydrogen-bond donors (Lipinski definition) is 4. The fourth-order valence-corrected chi connectivity index (χ4v) is 7.23. The summed E-state index contributed by atoms with van der Waals surface area (Å²) < 4.78 is 0. The molecule has 0 aliphatic heterocycles. The molecule has 0 aliphatic rings. The molecular weight excluding hydrogens is 667 g/mol. The number of allylic oxidation sites excluding steroid dienone is 6. The molecule has 0 rings (SSSR count). The zero-order valence-corrected chi connectivity index (χ0v) is 36.1. The number of unbranched alkanes of at least 4 members (excludes halogenated alkanes) is 29. The maximum Gasteiger partial charge on any atom is 0.220 e. The van der Waals surface area contributed by atoms with Gasteiger partial charge in [-0.15, -0.1) is 0 Å². The van der Waals surface area contributed by atoms with Crippen LogP contribution in [0.3, 0.4) is 0 Å². The molecule has 0 aromatic rings. The first-order valence-corrected chi connectivity index (χ1v) is 23.8. The summed E-state index contributed by atoms with van der Waals surface area (Å²) in [5, 5.41) is 33.6. The van der Waals surface area contributed by atoms with Gasteiger partial charge in [0.2, 0.25) is 5.91 Å². The molecular formula is C49H93NO4. The highest BCUT2D eigenvalue weighted by Crippen LogP contribution is 2.15. The molecule has 0 aliphatic carbocycles. The summed E-state index contributed by atoms with van der Waals surface area (Å²) in [5.74, 6) is -0.162. The highest BCUT2D eigenvalue weighted by molar-refractivity contribution is 5.76. The maximum absolute atomic E-state index is 12.4. The van der Waals surface area contributed by atoms with Crippen molar-refractivity contribution in [1.82, 2.24) is 5.32 Å². The minimum Gasteiger partial charge on any atom is -0.394 e. The number of aliphatic hydroxyl groups excluding tert-OH is 3. The van der Waals surface area contributed by atoms with Crippen LogP contribution in [0.15, 0.2) is 36.5 Å². The van der Waals surface area contributed by atoms with Crippen LogP contribution in [0.25, 0.3) is 0 Å². The fraction of sp³-hybridized carbons (Fsp3) is 0.857. The first-order chi connectivity index (χ1) is 26.6. The average molecular weight is 760 g/mol. The predicted molar refractivity (Wildman–Crippen MR) is 236 cm³/mol.